The lowest BCUT2D eigenvalue weighted by atomic mass is 10.1. The second-order valence-electron chi connectivity index (χ2n) is 5.28. The largest absolute Gasteiger partial charge is 0.461 e. The topological polar surface area (TPSA) is 26.3 Å². The number of carbonyl (C=O) groups is 1. The lowest BCUT2D eigenvalue weighted by molar-refractivity contribution is -0.141. The molecule has 0 aliphatic carbocycles. The summed E-state index contributed by atoms with van der Waals surface area (Å²) in [5, 5.41) is 0. The molecule has 2 nitrogen and oxygen atoms in total. The van der Waals surface area contributed by atoms with Gasteiger partial charge in [0.25, 0.3) is 0 Å². The van der Waals surface area contributed by atoms with Gasteiger partial charge in [-0.2, -0.15) is 0 Å². The molecule has 0 atom stereocenters. The Bertz CT molecular complexity index is 456. The Kier molecular flexibility index (Phi) is 7.41. The quantitative estimate of drug-likeness (QED) is 0.546. The maximum absolute atomic E-state index is 11.7. The van der Waals surface area contributed by atoms with Crippen LogP contribution < -0.4 is 0 Å². The van der Waals surface area contributed by atoms with Crippen LogP contribution in [0, 0.1) is 5.92 Å². The summed E-state index contributed by atoms with van der Waals surface area (Å²) in [5.41, 5.74) is 2.07. The number of rotatable bonds is 7. The molecule has 2 heteroatoms. The Morgan fingerprint density at radius 3 is 2.60 bits per heavy atom. The van der Waals surface area contributed by atoms with Gasteiger partial charge in [-0.3, -0.25) is 4.79 Å². The third kappa shape index (κ3) is 7.57. The van der Waals surface area contributed by atoms with Gasteiger partial charge < -0.3 is 4.74 Å². The fourth-order valence-corrected chi connectivity index (χ4v) is 1.69. The smallest absolute Gasteiger partial charge is 0.310 e. The molecule has 0 bridgehead atoms. The Morgan fingerprint density at radius 2 is 1.95 bits per heavy atom. The third-order valence-corrected chi connectivity index (χ3v) is 2.78. The maximum Gasteiger partial charge on any atom is 0.310 e. The second kappa shape index (κ2) is 9.13. The van der Waals surface area contributed by atoms with E-state index in [-0.39, 0.29) is 5.97 Å². The van der Waals surface area contributed by atoms with Crippen molar-refractivity contribution in [1.82, 2.24) is 0 Å². The summed E-state index contributed by atoms with van der Waals surface area (Å²) in [6.45, 7) is 6.66. The van der Waals surface area contributed by atoms with Crippen molar-refractivity contribution >= 4 is 5.97 Å². The van der Waals surface area contributed by atoms with E-state index in [1.54, 1.807) is 0 Å². The molecular weight excluding hydrogens is 248 g/mol. The van der Waals surface area contributed by atoms with Crippen molar-refractivity contribution in [2.75, 3.05) is 6.61 Å². The molecule has 0 fully saturated rings. The van der Waals surface area contributed by atoms with Crippen molar-refractivity contribution < 1.29 is 9.53 Å². The highest BCUT2D eigenvalue weighted by molar-refractivity contribution is 5.72. The molecule has 0 saturated heterocycles. The Balaban J connectivity index is 2.28. The van der Waals surface area contributed by atoms with Crippen LogP contribution in [0.15, 0.2) is 54.1 Å². The molecule has 0 heterocycles. The lowest BCUT2D eigenvalue weighted by Gasteiger charge is -2.05. The van der Waals surface area contributed by atoms with E-state index in [1.165, 1.54) is 0 Å². The van der Waals surface area contributed by atoms with Gasteiger partial charge in [-0.15, -0.1) is 0 Å². The van der Waals surface area contributed by atoms with Crippen LogP contribution >= 0.6 is 0 Å². The van der Waals surface area contributed by atoms with E-state index < -0.39 is 0 Å². The van der Waals surface area contributed by atoms with Gasteiger partial charge in [-0.05, 0) is 30.4 Å². The SMILES string of the molecule is C/C(=C\C/C=C/C(C)C)COC(=O)Cc1ccccc1. The molecule has 20 heavy (non-hydrogen) atoms. The van der Waals surface area contributed by atoms with Crippen molar-refractivity contribution in [3.63, 3.8) is 0 Å². The first-order chi connectivity index (χ1) is 9.58. The van der Waals surface area contributed by atoms with Crippen LogP contribution in [0.4, 0.5) is 0 Å². The zero-order valence-corrected chi connectivity index (χ0v) is 12.6. The molecule has 1 aromatic carbocycles. The van der Waals surface area contributed by atoms with Gasteiger partial charge in [-0.1, -0.05) is 62.4 Å². The summed E-state index contributed by atoms with van der Waals surface area (Å²) in [7, 11) is 0. The van der Waals surface area contributed by atoms with Gasteiger partial charge in [-0.25, -0.2) is 0 Å². The molecular formula is C18H24O2. The fraction of sp³-hybridized carbons (Fsp3) is 0.389. The van der Waals surface area contributed by atoms with Crippen LogP contribution in [0.2, 0.25) is 0 Å². The minimum atomic E-state index is -0.179. The predicted octanol–water partition coefficient (Wildman–Crippen LogP) is 4.32. The van der Waals surface area contributed by atoms with Crippen LogP contribution in [-0.4, -0.2) is 12.6 Å². The number of carbonyl (C=O) groups excluding carboxylic acids is 1. The molecule has 0 radical (unpaired) electrons. The molecule has 108 valence electrons. The van der Waals surface area contributed by atoms with Crippen LogP contribution in [0.25, 0.3) is 0 Å². The molecule has 0 spiro atoms. The zero-order chi connectivity index (χ0) is 14.8. The van der Waals surface area contributed by atoms with Crippen molar-refractivity contribution in [3.05, 3.63) is 59.7 Å². The van der Waals surface area contributed by atoms with Crippen LogP contribution in [0.1, 0.15) is 32.8 Å². The van der Waals surface area contributed by atoms with Gasteiger partial charge in [0.2, 0.25) is 0 Å². The highest BCUT2D eigenvalue weighted by atomic mass is 16.5. The average Bonchev–Trinajstić information content (AvgIpc) is 2.42. The first-order valence-corrected chi connectivity index (χ1v) is 7.09. The Morgan fingerprint density at radius 1 is 1.25 bits per heavy atom. The Labute approximate surface area is 122 Å². The third-order valence-electron chi connectivity index (χ3n) is 2.78. The molecule has 0 unspecified atom stereocenters. The lowest BCUT2D eigenvalue weighted by Crippen LogP contribution is -2.09. The minimum Gasteiger partial charge on any atom is -0.461 e. The number of esters is 1. The normalized spacial score (nSPS) is 12.1. The van der Waals surface area contributed by atoms with Crippen molar-refractivity contribution in [2.24, 2.45) is 5.92 Å². The molecule has 0 saturated carbocycles. The summed E-state index contributed by atoms with van der Waals surface area (Å²) in [4.78, 5) is 11.7. The second-order valence-corrected chi connectivity index (χ2v) is 5.28. The van der Waals surface area contributed by atoms with Gasteiger partial charge in [0, 0.05) is 0 Å². The molecule has 1 rings (SSSR count). The van der Waals surface area contributed by atoms with E-state index in [2.05, 4.69) is 32.1 Å². The molecule has 0 aliphatic heterocycles. The number of allylic oxidation sites excluding steroid dienone is 3. The average molecular weight is 272 g/mol. The summed E-state index contributed by atoms with van der Waals surface area (Å²) < 4.78 is 5.25. The summed E-state index contributed by atoms with van der Waals surface area (Å²) in [5.74, 6) is 0.397. The molecule has 0 aliphatic rings. The monoisotopic (exact) mass is 272 g/mol. The van der Waals surface area contributed by atoms with Crippen molar-refractivity contribution in [1.29, 1.82) is 0 Å². The van der Waals surface area contributed by atoms with E-state index in [1.807, 2.05) is 37.3 Å². The summed E-state index contributed by atoms with van der Waals surface area (Å²) in [6, 6.07) is 9.65. The van der Waals surface area contributed by atoms with E-state index in [0.29, 0.717) is 18.9 Å². The van der Waals surface area contributed by atoms with E-state index in [4.69, 9.17) is 4.74 Å². The highest BCUT2D eigenvalue weighted by Crippen LogP contribution is 2.04. The van der Waals surface area contributed by atoms with E-state index in [0.717, 1.165) is 17.6 Å². The van der Waals surface area contributed by atoms with Crippen molar-refractivity contribution in [3.8, 4) is 0 Å². The minimum absolute atomic E-state index is 0.179. The summed E-state index contributed by atoms with van der Waals surface area (Å²) >= 11 is 0. The number of hydrogen-bond acceptors (Lipinski definition) is 2. The Hall–Kier alpha value is -1.83. The van der Waals surface area contributed by atoms with Crippen molar-refractivity contribution in [2.45, 2.75) is 33.6 Å². The first-order valence-electron chi connectivity index (χ1n) is 7.09. The van der Waals surface area contributed by atoms with Gasteiger partial charge >= 0.3 is 5.97 Å². The molecule has 0 aromatic heterocycles. The highest BCUT2D eigenvalue weighted by Gasteiger charge is 2.04. The molecule has 0 amide bonds. The van der Waals surface area contributed by atoms with Crippen LogP contribution in [-0.2, 0) is 16.0 Å². The molecule has 1 aromatic rings. The first kappa shape index (κ1) is 16.2. The summed E-state index contributed by atoms with van der Waals surface area (Å²) in [6.07, 6.45) is 7.63. The van der Waals surface area contributed by atoms with Gasteiger partial charge in [0.1, 0.15) is 6.61 Å². The molecule has 0 N–H and O–H groups in total. The number of benzene rings is 1. The fourth-order valence-electron chi connectivity index (χ4n) is 1.69. The van der Waals surface area contributed by atoms with Crippen LogP contribution in [0.3, 0.4) is 0 Å². The predicted molar refractivity (Wildman–Crippen MR) is 83.5 cm³/mol. The number of hydrogen-bond donors (Lipinski definition) is 0. The number of ether oxygens (including phenoxy) is 1. The maximum atomic E-state index is 11.7. The zero-order valence-electron chi connectivity index (χ0n) is 12.6. The van der Waals surface area contributed by atoms with Crippen LogP contribution in [0.5, 0.6) is 0 Å². The van der Waals surface area contributed by atoms with Gasteiger partial charge in [0.05, 0.1) is 6.42 Å². The standard InChI is InChI=1S/C18H24O2/c1-15(2)9-7-8-10-16(3)14-20-18(19)13-17-11-5-4-6-12-17/h4-7,9-12,15H,8,13-14H2,1-3H3/b9-7+,16-10+. The van der Waals surface area contributed by atoms with Gasteiger partial charge in [0.15, 0.2) is 0 Å². The van der Waals surface area contributed by atoms with E-state index in [9.17, 15) is 4.79 Å². The van der Waals surface area contributed by atoms with E-state index >= 15 is 0 Å².